The van der Waals surface area contributed by atoms with E-state index in [4.69, 9.17) is 4.74 Å². The van der Waals surface area contributed by atoms with Gasteiger partial charge in [-0.2, -0.15) is 11.8 Å². The van der Waals surface area contributed by atoms with Gasteiger partial charge in [-0.15, -0.1) is 0 Å². The lowest BCUT2D eigenvalue weighted by atomic mass is 10.1. The van der Waals surface area contributed by atoms with Crippen LogP contribution in [0, 0.1) is 0 Å². The standard InChI is InChI=1S/C13H24N2O2S/c1-2-11(12-6-3-7-17-12)15-13(16)14-10-5-4-8-18-9-10/h10-12H,2-9H2,1H3,(H2,14,15,16)/t10-,11-,12+/m1/s1. The molecule has 0 aliphatic carbocycles. The van der Waals surface area contributed by atoms with Gasteiger partial charge in [-0.05, 0) is 37.9 Å². The lowest BCUT2D eigenvalue weighted by molar-refractivity contribution is 0.0795. The summed E-state index contributed by atoms with van der Waals surface area (Å²) in [4.78, 5) is 12.0. The highest BCUT2D eigenvalue weighted by Gasteiger charge is 2.26. The van der Waals surface area contributed by atoms with Crippen LogP contribution in [0.5, 0.6) is 0 Å². The van der Waals surface area contributed by atoms with Crippen molar-refractivity contribution in [3.63, 3.8) is 0 Å². The fourth-order valence-corrected chi connectivity index (χ4v) is 3.70. The Morgan fingerprint density at radius 1 is 1.44 bits per heavy atom. The van der Waals surface area contributed by atoms with Gasteiger partial charge in [-0.3, -0.25) is 0 Å². The molecule has 2 amide bonds. The second kappa shape index (κ2) is 7.24. The normalized spacial score (nSPS) is 29.8. The fraction of sp³-hybridized carbons (Fsp3) is 0.923. The molecule has 0 bridgehead atoms. The van der Waals surface area contributed by atoms with Crippen LogP contribution in [0.15, 0.2) is 0 Å². The van der Waals surface area contributed by atoms with E-state index in [1.54, 1.807) is 0 Å². The fourth-order valence-electron chi connectivity index (χ4n) is 2.63. The highest BCUT2D eigenvalue weighted by molar-refractivity contribution is 7.99. The molecule has 2 aliphatic heterocycles. The number of carbonyl (C=O) groups is 1. The number of rotatable bonds is 4. The molecular formula is C13H24N2O2S. The third-order valence-corrected chi connectivity index (χ3v) is 4.88. The zero-order valence-corrected chi connectivity index (χ0v) is 11.9. The Kier molecular flexibility index (Phi) is 5.63. The van der Waals surface area contributed by atoms with Crippen molar-refractivity contribution in [2.45, 2.75) is 57.2 Å². The average Bonchev–Trinajstić information content (AvgIpc) is 2.91. The Bertz CT molecular complexity index is 264. The van der Waals surface area contributed by atoms with Crippen LogP contribution in [0.2, 0.25) is 0 Å². The second-order valence-electron chi connectivity index (χ2n) is 5.10. The smallest absolute Gasteiger partial charge is 0.315 e. The van der Waals surface area contributed by atoms with Gasteiger partial charge in [-0.25, -0.2) is 4.79 Å². The van der Waals surface area contributed by atoms with Crippen molar-refractivity contribution in [1.82, 2.24) is 10.6 Å². The van der Waals surface area contributed by atoms with Crippen LogP contribution in [0.1, 0.15) is 39.0 Å². The van der Waals surface area contributed by atoms with Crippen LogP contribution >= 0.6 is 11.8 Å². The molecule has 0 aromatic carbocycles. The van der Waals surface area contributed by atoms with Gasteiger partial charge in [0.2, 0.25) is 0 Å². The Morgan fingerprint density at radius 3 is 2.94 bits per heavy atom. The summed E-state index contributed by atoms with van der Waals surface area (Å²) in [5, 5.41) is 6.15. The zero-order valence-electron chi connectivity index (χ0n) is 11.1. The Labute approximate surface area is 114 Å². The predicted octanol–water partition coefficient (Wildman–Crippen LogP) is 2.14. The molecule has 2 rings (SSSR count). The third kappa shape index (κ3) is 4.05. The van der Waals surface area contributed by atoms with Gasteiger partial charge in [0.1, 0.15) is 0 Å². The lowest BCUT2D eigenvalue weighted by Crippen LogP contribution is -2.50. The minimum Gasteiger partial charge on any atom is -0.376 e. The first-order valence-electron chi connectivity index (χ1n) is 7.06. The van der Waals surface area contributed by atoms with Crippen LogP contribution in [0.3, 0.4) is 0 Å². The third-order valence-electron chi connectivity index (χ3n) is 3.67. The molecule has 2 aliphatic rings. The van der Waals surface area contributed by atoms with Crippen molar-refractivity contribution in [2.24, 2.45) is 0 Å². The number of urea groups is 1. The largest absolute Gasteiger partial charge is 0.376 e. The second-order valence-corrected chi connectivity index (χ2v) is 6.25. The Hall–Kier alpha value is -0.420. The van der Waals surface area contributed by atoms with E-state index >= 15 is 0 Å². The number of amides is 2. The number of ether oxygens (including phenoxy) is 1. The summed E-state index contributed by atoms with van der Waals surface area (Å²) in [5.41, 5.74) is 0. The minimum atomic E-state index is -0.0233. The first kappa shape index (κ1) is 14.0. The van der Waals surface area contributed by atoms with Crippen LogP contribution < -0.4 is 10.6 Å². The van der Waals surface area contributed by atoms with Crippen molar-refractivity contribution in [1.29, 1.82) is 0 Å². The summed E-state index contributed by atoms with van der Waals surface area (Å²) < 4.78 is 5.65. The van der Waals surface area contributed by atoms with E-state index in [2.05, 4.69) is 17.6 Å². The molecule has 0 spiro atoms. The Morgan fingerprint density at radius 2 is 2.33 bits per heavy atom. The summed E-state index contributed by atoms with van der Waals surface area (Å²) in [6.07, 6.45) is 5.64. The molecule has 0 aromatic heterocycles. The number of thioether (sulfide) groups is 1. The molecule has 18 heavy (non-hydrogen) atoms. The van der Waals surface area contributed by atoms with Crippen molar-refractivity contribution in [3.05, 3.63) is 0 Å². The van der Waals surface area contributed by atoms with Crippen LogP contribution in [-0.2, 0) is 4.74 Å². The summed E-state index contributed by atoms with van der Waals surface area (Å²) in [6.45, 7) is 2.94. The van der Waals surface area contributed by atoms with Gasteiger partial charge in [0, 0.05) is 18.4 Å². The quantitative estimate of drug-likeness (QED) is 0.824. The van der Waals surface area contributed by atoms with E-state index in [0.717, 1.165) is 38.0 Å². The van der Waals surface area contributed by atoms with E-state index in [0.29, 0.717) is 6.04 Å². The van der Waals surface area contributed by atoms with E-state index in [-0.39, 0.29) is 18.2 Å². The van der Waals surface area contributed by atoms with Gasteiger partial charge in [0.15, 0.2) is 0 Å². The summed E-state index contributed by atoms with van der Waals surface area (Å²) >= 11 is 1.93. The van der Waals surface area contributed by atoms with Crippen molar-refractivity contribution < 1.29 is 9.53 Å². The van der Waals surface area contributed by atoms with Crippen molar-refractivity contribution in [2.75, 3.05) is 18.1 Å². The van der Waals surface area contributed by atoms with E-state index in [1.807, 2.05) is 11.8 Å². The first-order chi connectivity index (χ1) is 8.79. The lowest BCUT2D eigenvalue weighted by Gasteiger charge is -2.26. The number of hydrogen-bond donors (Lipinski definition) is 2. The maximum Gasteiger partial charge on any atom is 0.315 e. The highest BCUT2D eigenvalue weighted by Crippen LogP contribution is 2.18. The van der Waals surface area contributed by atoms with Gasteiger partial charge in [-0.1, -0.05) is 6.92 Å². The Balaban J connectivity index is 1.73. The number of nitrogens with one attached hydrogen (secondary N) is 2. The molecule has 2 N–H and O–H groups in total. The van der Waals surface area contributed by atoms with Crippen LogP contribution in [0.4, 0.5) is 4.79 Å². The molecule has 2 fully saturated rings. The molecule has 104 valence electrons. The molecular weight excluding hydrogens is 248 g/mol. The molecule has 0 aromatic rings. The number of hydrogen-bond acceptors (Lipinski definition) is 3. The molecule has 0 saturated carbocycles. The van der Waals surface area contributed by atoms with Crippen molar-refractivity contribution >= 4 is 17.8 Å². The molecule has 0 radical (unpaired) electrons. The monoisotopic (exact) mass is 272 g/mol. The summed E-state index contributed by atoms with van der Waals surface area (Å²) in [5.74, 6) is 2.28. The van der Waals surface area contributed by atoms with E-state index in [1.165, 1.54) is 12.2 Å². The summed E-state index contributed by atoms with van der Waals surface area (Å²) in [7, 11) is 0. The van der Waals surface area contributed by atoms with Gasteiger partial charge < -0.3 is 15.4 Å². The highest BCUT2D eigenvalue weighted by atomic mass is 32.2. The summed E-state index contributed by atoms with van der Waals surface area (Å²) in [6, 6.07) is 0.472. The van der Waals surface area contributed by atoms with Crippen molar-refractivity contribution in [3.8, 4) is 0 Å². The SMILES string of the molecule is CC[C@@H](NC(=O)N[C@@H]1CCCSC1)[C@@H]1CCCO1. The van der Waals surface area contributed by atoms with Crippen LogP contribution in [-0.4, -0.2) is 42.3 Å². The predicted molar refractivity (Wildman–Crippen MR) is 75.1 cm³/mol. The zero-order chi connectivity index (χ0) is 12.8. The molecule has 4 nitrogen and oxygen atoms in total. The average molecular weight is 272 g/mol. The first-order valence-corrected chi connectivity index (χ1v) is 8.21. The van der Waals surface area contributed by atoms with Gasteiger partial charge in [0.25, 0.3) is 0 Å². The maximum absolute atomic E-state index is 12.0. The molecule has 2 heterocycles. The molecule has 5 heteroatoms. The minimum absolute atomic E-state index is 0.0233. The molecule has 3 atom stereocenters. The van der Waals surface area contributed by atoms with Crippen LogP contribution in [0.25, 0.3) is 0 Å². The molecule has 2 saturated heterocycles. The molecule has 0 unspecified atom stereocenters. The maximum atomic E-state index is 12.0. The van der Waals surface area contributed by atoms with E-state index < -0.39 is 0 Å². The topological polar surface area (TPSA) is 50.4 Å². The van der Waals surface area contributed by atoms with Gasteiger partial charge >= 0.3 is 6.03 Å². The van der Waals surface area contributed by atoms with E-state index in [9.17, 15) is 4.79 Å². The number of carbonyl (C=O) groups excluding carboxylic acids is 1. The van der Waals surface area contributed by atoms with Gasteiger partial charge in [0.05, 0.1) is 12.1 Å².